The van der Waals surface area contributed by atoms with Crippen LogP contribution in [-0.2, 0) is 6.54 Å². The molecule has 2 rings (SSSR count). The molecule has 0 aliphatic rings. The molecule has 0 saturated heterocycles. The van der Waals surface area contributed by atoms with Gasteiger partial charge in [0.25, 0.3) is 0 Å². The standard InChI is InChI=1S/C13H12N2O/c16-11-13-9-14-15(10-13)8-4-7-12-5-2-1-3-6-12/h1-7,9-11H,8H2/b7-4+. The molecule has 0 N–H and O–H groups in total. The number of rotatable bonds is 4. The lowest BCUT2D eigenvalue weighted by atomic mass is 10.2. The normalized spacial score (nSPS) is 10.8. The van der Waals surface area contributed by atoms with E-state index in [1.54, 1.807) is 17.1 Å². The molecule has 0 aliphatic heterocycles. The third-order valence-corrected chi connectivity index (χ3v) is 2.19. The molecule has 1 heterocycles. The molecule has 3 heteroatoms. The zero-order valence-corrected chi connectivity index (χ0v) is 8.78. The number of hydrogen-bond donors (Lipinski definition) is 0. The van der Waals surface area contributed by atoms with Crippen molar-refractivity contribution >= 4 is 12.4 Å². The first-order valence-corrected chi connectivity index (χ1v) is 5.08. The molecular formula is C13H12N2O. The topological polar surface area (TPSA) is 34.9 Å². The fraction of sp³-hybridized carbons (Fsp3) is 0.0769. The van der Waals surface area contributed by atoms with Crippen LogP contribution in [0.2, 0.25) is 0 Å². The Bertz CT molecular complexity index is 486. The Morgan fingerprint density at radius 2 is 2.00 bits per heavy atom. The van der Waals surface area contributed by atoms with Crippen molar-refractivity contribution in [1.29, 1.82) is 0 Å². The van der Waals surface area contributed by atoms with Gasteiger partial charge in [0.15, 0.2) is 6.29 Å². The highest BCUT2D eigenvalue weighted by Gasteiger charge is 1.93. The zero-order chi connectivity index (χ0) is 11.2. The van der Waals surface area contributed by atoms with Gasteiger partial charge in [0, 0.05) is 6.20 Å². The highest BCUT2D eigenvalue weighted by atomic mass is 16.1. The van der Waals surface area contributed by atoms with Gasteiger partial charge in [-0.05, 0) is 5.56 Å². The lowest BCUT2D eigenvalue weighted by molar-refractivity contribution is 0.112. The highest BCUT2D eigenvalue weighted by Crippen LogP contribution is 2.01. The van der Waals surface area contributed by atoms with Crippen LogP contribution in [0.4, 0.5) is 0 Å². The average molecular weight is 212 g/mol. The maximum Gasteiger partial charge on any atom is 0.153 e. The Labute approximate surface area is 94.0 Å². The summed E-state index contributed by atoms with van der Waals surface area (Å²) < 4.78 is 1.73. The summed E-state index contributed by atoms with van der Waals surface area (Å²) >= 11 is 0. The fourth-order valence-electron chi connectivity index (χ4n) is 1.40. The average Bonchev–Trinajstić information content (AvgIpc) is 2.78. The minimum absolute atomic E-state index is 0.605. The number of carbonyl (C=O) groups excluding carboxylic acids is 1. The van der Waals surface area contributed by atoms with Crippen molar-refractivity contribution in [1.82, 2.24) is 9.78 Å². The van der Waals surface area contributed by atoms with E-state index in [1.165, 1.54) is 0 Å². The molecule has 0 unspecified atom stereocenters. The number of hydrogen-bond acceptors (Lipinski definition) is 2. The molecule has 0 aliphatic carbocycles. The van der Waals surface area contributed by atoms with E-state index >= 15 is 0 Å². The third kappa shape index (κ3) is 2.67. The van der Waals surface area contributed by atoms with Gasteiger partial charge in [0.05, 0.1) is 18.3 Å². The van der Waals surface area contributed by atoms with Crippen LogP contribution in [0.1, 0.15) is 15.9 Å². The quantitative estimate of drug-likeness (QED) is 0.729. The zero-order valence-electron chi connectivity index (χ0n) is 8.78. The second kappa shape index (κ2) is 5.07. The van der Waals surface area contributed by atoms with Gasteiger partial charge in [-0.2, -0.15) is 5.10 Å². The minimum Gasteiger partial charge on any atom is -0.298 e. The molecule has 0 saturated carbocycles. The maximum absolute atomic E-state index is 10.4. The first kappa shape index (κ1) is 10.4. The van der Waals surface area contributed by atoms with Gasteiger partial charge in [0.2, 0.25) is 0 Å². The monoisotopic (exact) mass is 212 g/mol. The van der Waals surface area contributed by atoms with Crippen LogP contribution >= 0.6 is 0 Å². The summed E-state index contributed by atoms with van der Waals surface area (Å²) in [5.41, 5.74) is 1.76. The molecule has 1 aromatic heterocycles. The largest absolute Gasteiger partial charge is 0.298 e. The summed E-state index contributed by atoms with van der Waals surface area (Å²) in [5, 5.41) is 4.05. The summed E-state index contributed by atoms with van der Waals surface area (Å²) in [4.78, 5) is 10.4. The highest BCUT2D eigenvalue weighted by molar-refractivity contribution is 5.73. The predicted molar refractivity (Wildman–Crippen MR) is 63.1 cm³/mol. The van der Waals surface area contributed by atoms with E-state index in [-0.39, 0.29) is 0 Å². The summed E-state index contributed by atoms with van der Waals surface area (Å²) in [6, 6.07) is 10.1. The van der Waals surface area contributed by atoms with Crippen LogP contribution in [0, 0.1) is 0 Å². The van der Waals surface area contributed by atoms with E-state index < -0.39 is 0 Å². The second-order valence-corrected chi connectivity index (χ2v) is 3.43. The summed E-state index contributed by atoms with van der Waals surface area (Å²) in [5.74, 6) is 0. The Kier molecular flexibility index (Phi) is 3.28. The fourth-order valence-corrected chi connectivity index (χ4v) is 1.40. The van der Waals surface area contributed by atoms with Crippen LogP contribution in [0.5, 0.6) is 0 Å². The van der Waals surface area contributed by atoms with Gasteiger partial charge in [-0.3, -0.25) is 9.48 Å². The molecule has 0 amide bonds. The van der Waals surface area contributed by atoms with E-state index in [1.807, 2.05) is 42.5 Å². The number of aldehydes is 1. The van der Waals surface area contributed by atoms with E-state index in [9.17, 15) is 4.79 Å². The summed E-state index contributed by atoms with van der Waals surface area (Å²) in [6.45, 7) is 0.669. The molecule has 0 bridgehead atoms. The molecule has 0 spiro atoms. The molecule has 16 heavy (non-hydrogen) atoms. The smallest absolute Gasteiger partial charge is 0.153 e. The number of benzene rings is 1. The van der Waals surface area contributed by atoms with Crippen LogP contribution in [0.15, 0.2) is 48.8 Å². The third-order valence-electron chi connectivity index (χ3n) is 2.19. The van der Waals surface area contributed by atoms with Crippen LogP contribution in [0.25, 0.3) is 6.08 Å². The SMILES string of the molecule is O=Cc1cnn(C/C=C/c2ccccc2)c1. The Balaban J connectivity index is 1.97. The van der Waals surface area contributed by atoms with Crippen molar-refractivity contribution < 1.29 is 4.79 Å². The Morgan fingerprint density at radius 3 is 2.69 bits per heavy atom. The van der Waals surface area contributed by atoms with Crippen molar-refractivity contribution in [2.24, 2.45) is 0 Å². The molecule has 1 aromatic carbocycles. The van der Waals surface area contributed by atoms with Crippen molar-refractivity contribution in [3.05, 3.63) is 59.9 Å². The van der Waals surface area contributed by atoms with E-state index in [0.29, 0.717) is 12.1 Å². The molecule has 0 radical (unpaired) electrons. The minimum atomic E-state index is 0.605. The molecule has 0 fully saturated rings. The van der Waals surface area contributed by atoms with Gasteiger partial charge in [-0.15, -0.1) is 0 Å². The Morgan fingerprint density at radius 1 is 1.19 bits per heavy atom. The van der Waals surface area contributed by atoms with Crippen molar-refractivity contribution in [2.75, 3.05) is 0 Å². The van der Waals surface area contributed by atoms with Gasteiger partial charge >= 0.3 is 0 Å². The molecule has 2 aromatic rings. The first-order valence-electron chi connectivity index (χ1n) is 5.08. The lowest BCUT2D eigenvalue weighted by Crippen LogP contribution is -1.94. The number of aromatic nitrogens is 2. The summed E-state index contributed by atoms with van der Waals surface area (Å²) in [7, 11) is 0. The van der Waals surface area contributed by atoms with Gasteiger partial charge in [0.1, 0.15) is 0 Å². The molecular weight excluding hydrogens is 200 g/mol. The molecule has 3 nitrogen and oxygen atoms in total. The van der Waals surface area contributed by atoms with Gasteiger partial charge in [-0.25, -0.2) is 0 Å². The number of allylic oxidation sites excluding steroid dienone is 1. The first-order chi connectivity index (χ1) is 7.88. The van der Waals surface area contributed by atoms with Crippen molar-refractivity contribution in [2.45, 2.75) is 6.54 Å². The second-order valence-electron chi connectivity index (χ2n) is 3.43. The molecule has 80 valence electrons. The van der Waals surface area contributed by atoms with Crippen LogP contribution in [-0.4, -0.2) is 16.1 Å². The van der Waals surface area contributed by atoms with Crippen LogP contribution < -0.4 is 0 Å². The van der Waals surface area contributed by atoms with E-state index in [4.69, 9.17) is 0 Å². The summed E-state index contributed by atoms with van der Waals surface area (Å²) in [6.07, 6.45) is 8.12. The van der Waals surface area contributed by atoms with Crippen molar-refractivity contribution in [3.8, 4) is 0 Å². The predicted octanol–water partition coefficient (Wildman–Crippen LogP) is 2.41. The number of carbonyl (C=O) groups is 1. The maximum atomic E-state index is 10.4. The van der Waals surface area contributed by atoms with E-state index in [2.05, 4.69) is 5.10 Å². The Hall–Kier alpha value is -2.16. The van der Waals surface area contributed by atoms with E-state index in [0.717, 1.165) is 11.8 Å². The van der Waals surface area contributed by atoms with Crippen molar-refractivity contribution in [3.63, 3.8) is 0 Å². The number of nitrogens with zero attached hydrogens (tertiary/aromatic N) is 2. The van der Waals surface area contributed by atoms with Crippen LogP contribution in [0.3, 0.4) is 0 Å². The van der Waals surface area contributed by atoms with Gasteiger partial charge in [-0.1, -0.05) is 42.5 Å². The molecule has 0 atom stereocenters. The lowest BCUT2D eigenvalue weighted by Gasteiger charge is -1.94. The van der Waals surface area contributed by atoms with Gasteiger partial charge < -0.3 is 0 Å².